The van der Waals surface area contributed by atoms with Gasteiger partial charge in [-0.1, -0.05) is 18.9 Å². The molecule has 0 saturated heterocycles. The lowest BCUT2D eigenvalue weighted by Crippen LogP contribution is -2.40. The first-order valence-electron chi connectivity index (χ1n) is 8.09. The highest BCUT2D eigenvalue weighted by atomic mass is 16.6. The van der Waals surface area contributed by atoms with E-state index in [9.17, 15) is 14.4 Å². The van der Waals surface area contributed by atoms with Crippen LogP contribution in [0.1, 0.15) is 52.9 Å². The van der Waals surface area contributed by atoms with Crippen LogP contribution in [0.25, 0.3) is 0 Å². The van der Waals surface area contributed by atoms with Gasteiger partial charge in [-0.15, -0.1) is 0 Å². The quantitative estimate of drug-likeness (QED) is 0.557. The number of carbonyl (C=O) groups excluding carboxylic acids is 3. The number of hydrogen-bond donors (Lipinski definition) is 0. The van der Waals surface area contributed by atoms with Crippen LogP contribution >= 0.6 is 0 Å². The lowest BCUT2D eigenvalue weighted by atomic mass is 9.83. The van der Waals surface area contributed by atoms with Gasteiger partial charge < -0.3 is 9.47 Å². The Kier molecular flexibility index (Phi) is 5.04. The maximum Gasteiger partial charge on any atom is 0.323 e. The van der Waals surface area contributed by atoms with Gasteiger partial charge in [-0.2, -0.15) is 0 Å². The van der Waals surface area contributed by atoms with Crippen molar-refractivity contribution in [1.82, 2.24) is 0 Å². The minimum Gasteiger partial charge on any atom is -0.465 e. The smallest absolute Gasteiger partial charge is 0.323 e. The third kappa shape index (κ3) is 2.69. The van der Waals surface area contributed by atoms with Crippen molar-refractivity contribution in [1.29, 1.82) is 0 Å². The van der Waals surface area contributed by atoms with E-state index in [4.69, 9.17) is 9.47 Å². The average Bonchev–Trinajstić information content (AvgIpc) is 2.97. The highest BCUT2D eigenvalue weighted by Gasteiger charge is 2.58. The molecule has 122 valence electrons. The molecule has 2 aliphatic rings. The highest BCUT2D eigenvalue weighted by molar-refractivity contribution is 6.04. The maximum atomic E-state index is 12.4. The van der Waals surface area contributed by atoms with Crippen molar-refractivity contribution >= 4 is 17.7 Å². The number of hydrogen-bond acceptors (Lipinski definition) is 5. The number of ketones is 1. The summed E-state index contributed by atoms with van der Waals surface area (Å²) in [4.78, 5) is 37.0. The SMILES string of the molecule is CCCC1=C2CC(C(=O)OCC)(C(=O)OCC)C[C@@H]2CC1=O. The third-order valence-electron chi connectivity index (χ3n) is 4.57. The minimum atomic E-state index is -1.26. The minimum absolute atomic E-state index is 0.0112. The molecule has 2 aliphatic carbocycles. The first-order chi connectivity index (χ1) is 10.5. The molecule has 1 fully saturated rings. The van der Waals surface area contributed by atoms with E-state index in [-0.39, 0.29) is 31.3 Å². The molecule has 0 aromatic heterocycles. The maximum absolute atomic E-state index is 12.4. The van der Waals surface area contributed by atoms with Crippen molar-refractivity contribution in [3.63, 3.8) is 0 Å². The lowest BCUT2D eigenvalue weighted by Gasteiger charge is -2.24. The molecule has 0 amide bonds. The van der Waals surface area contributed by atoms with Crippen molar-refractivity contribution in [2.75, 3.05) is 13.2 Å². The second kappa shape index (κ2) is 6.63. The molecule has 0 aliphatic heterocycles. The Morgan fingerprint density at radius 3 is 2.23 bits per heavy atom. The third-order valence-corrected chi connectivity index (χ3v) is 4.57. The fourth-order valence-electron chi connectivity index (χ4n) is 3.64. The van der Waals surface area contributed by atoms with Crippen LogP contribution < -0.4 is 0 Å². The summed E-state index contributed by atoms with van der Waals surface area (Å²) in [5.41, 5.74) is 0.544. The molecule has 0 radical (unpaired) electrons. The topological polar surface area (TPSA) is 69.7 Å². The fourth-order valence-corrected chi connectivity index (χ4v) is 3.64. The van der Waals surface area contributed by atoms with Gasteiger partial charge in [0.15, 0.2) is 11.2 Å². The number of esters is 2. The Balaban J connectivity index is 2.36. The zero-order chi connectivity index (χ0) is 16.3. The second-order valence-corrected chi connectivity index (χ2v) is 5.98. The summed E-state index contributed by atoms with van der Waals surface area (Å²) in [7, 11) is 0. The van der Waals surface area contributed by atoms with E-state index >= 15 is 0 Å². The fraction of sp³-hybridized carbons (Fsp3) is 0.706. The van der Waals surface area contributed by atoms with Crippen LogP contribution in [-0.2, 0) is 23.9 Å². The van der Waals surface area contributed by atoms with Gasteiger partial charge in [0, 0.05) is 6.42 Å². The van der Waals surface area contributed by atoms with Crippen LogP contribution in [-0.4, -0.2) is 30.9 Å². The number of allylic oxidation sites excluding steroid dienone is 2. The molecule has 0 spiro atoms. The molecule has 0 aromatic carbocycles. The van der Waals surface area contributed by atoms with Crippen molar-refractivity contribution in [2.24, 2.45) is 11.3 Å². The van der Waals surface area contributed by atoms with Gasteiger partial charge >= 0.3 is 11.9 Å². The van der Waals surface area contributed by atoms with Crippen LogP contribution in [0.3, 0.4) is 0 Å². The van der Waals surface area contributed by atoms with Crippen molar-refractivity contribution < 1.29 is 23.9 Å². The normalized spacial score (nSPS) is 22.7. The number of carbonyl (C=O) groups is 3. The van der Waals surface area contributed by atoms with E-state index in [1.165, 1.54) is 0 Å². The van der Waals surface area contributed by atoms with E-state index in [0.29, 0.717) is 19.3 Å². The van der Waals surface area contributed by atoms with Gasteiger partial charge in [-0.3, -0.25) is 14.4 Å². The highest BCUT2D eigenvalue weighted by Crippen LogP contribution is 2.53. The molecule has 0 unspecified atom stereocenters. The van der Waals surface area contributed by atoms with Gasteiger partial charge in [0.2, 0.25) is 0 Å². The zero-order valence-corrected chi connectivity index (χ0v) is 13.6. The van der Waals surface area contributed by atoms with Gasteiger partial charge in [-0.25, -0.2) is 0 Å². The summed E-state index contributed by atoms with van der Waals surface area (Å²) in [5, 5.41) is 0. The summed E-state index contributed by atoms with van der Waals surface area (Å²) in [6.07, 6.45) is 2.61. The Labute approximate surface area is 131 Å². The van der Waals surface area contributed by atoms with E-state index in [0.717, 1.165) is 17.6 Å². The van der Waals surface area contributed by atoms with Gasteiger partial charge in [0.05, 0.1) is 13.2 Å². The monoisotopic (exact) mass is 308 g/mol. The molecule has 1 saturated carbocycles. The van der Waals surface area contributed by atoms with Gasteiger partial charge in [0.25, 0.3) is 0 Å². The van der Waals surface area contributed by atoms with Crippen molar-refractivity contribution in [3.05, 3.63) is 11.1 Å². The summed E-state index contributed by atoms with van der Waals surface area (Å²) in [6, 6.07) is 0. The van der Waals surface area contributed by atoms with Crippen LogP contribution in [0.5, 0.6) is 0 Å². The van der Waals surface area contributed by atoms with Crippen LogP contribution in [0.2, 0.25) is 0 Å². The second-order valence-electron chi connectivity index (χ2n) is 5.98. The molecule has 2 rings (SSSR count). The first kappa shape index (κ1) is 16.7. The Bertz CT molecular complexity index is 499. The van der Waals surface area contributed by atoms with Crippen LogP contribution in [0, 0.1) is 11.3 Å². The summed E-state index contributed by atoms with van der Waals surface area (Å²) >= 11 is 0. The van der Waals surface area contributed by atoms with Crippen molar-refractivity contribution in [2.45, 2.75) is 52.9 Å². The molecular weight excluding hydrogens is 284 g/mol. The van der Waals surface area contributed by atoms with Gasteiger partial charge in [0.1, 0.15) is 0 Å². The Hall–Kier alpha value is -1.65. The number of fused-ring (bicyclic) bond motifs is 1. The first-order valence-corrected chi connectivity index (χ1v) is 8.09. The average molecular weight is 308 g/mol. The summed E-state index contributed by atoms with van der Waals surface area (Å²) < 4.78 is 10.3. The van der Waals surface area contributed by atoms with Crippen molar-refractivity contribution in [3.8, 4) is 0 Å². The van der Waals surface area contributed by atoms with E-state index in [1.54, 1.807) is 13.8 Å². The lowest BCUT2D eigenvalue weighted by molar-refractivity contribution is -0.171. The molecule has 1 atom stereocenters. The predicted octanol–water partition coefficient (Wildman–Crippen LogP) is 2.58. The molecular formula is C17H24O5. The molecule has 5 nitrogen and oxygen atoms in total. The van der Waals surface area contributed by atoms with E-state index < -0.39 is 17.4 Å². The van der Waals surface area contributed by atoms with E-state index in [1.807, 2.05) is 6.92 Å². The summed E-state index contributed by atoms with van der Waals surface area (Å²) in [6.45, 7) is 5.91. The Morgan fingerprint density at radius 2 is 1.73 bits per heavy atom. The van der Waals surface area contributed by atoms with Crippen LogP contribution in [0.4, 0.5) is 0 Å². The predicted molar refractivity (Wildman–Crippen MR) is 80.0 cm³/mol. The standard InChI is InChI=1S/C17H24O5/c1-4-7-12-13-10-17(15(19)21-5-2,16(20)22-6-3)9-11(13)8-14(12)18/h11H,4-10H2,1-3H3/t11-/m0/s1. The zero-order valence-electron chi connectivity index (χ0n) is 13.6. The number of rotatable bonds is 6. The molecule has 22 heavy (non-hydrogen) atoms. The molecule has 5 heteroatoms. The number of Topliss-reactive ketones (excluding diaryl/α,β-unsaturated/α-hetero) is 1. The van der Waals surface area contributed by atoms with E-state index in [2.05, 4.69) is 0 Å². The molecule has 0 heterocycles. The van der Waals surface area contributed by atoms with Crippen LogP contribution in [0.15, 0.2) is 11.1 Å². The largest absolute Gasteiger partial charge is 0.465 e. The molecule has 0 aromatic rings. The van der Waals surface area contributed by atoms with Gasteiger partial charge in [-0.05, 0) is 44.6 Å². The Morgan fingerprint density at radius 1 is 1.14 bits per heavy atom. The molecule has 0 bridgehead atoms. The summed E-state index contributed by atoms with van der Waals surface area (Å²) in [5.74, 6) is -0.872. The number of ether oxygens (including phenoxy) is 2. The molecule has 0 N–H and O–H groups in total.